The van der Waals surface area contributed by atoms with Gasteiger partial charge in [0, 0.05) is 33.1 Å². The minimum absolute atomic E-state index is 0.595. The van der Waals surface area contributed by atoms with Crippen LogP contribution >= 0.6 is 35.1 Å². The Labute approximate surface area is 127 Å². The van der Waals surface area contributed by atoms with Crippen molar-refractivity contribution < 1.29 is 0 Å². The molecule has 1 heterocycles. The van der Waals surface area contributed by atoms with Crippen LogP contribution < -0.4 is 0 Å². The molecule has 0 N–H and O–H groups in total. The molecule has 3 heteroatoms. The second kappa shape index (κ2) is 6.25. The van der Waals surface area contributed by atoms with Crippen molar-refractivity contribution in [1.29, 1.82) is 0 Å². The highest BCUT2D eigenvalue weighted by molar-refractivity contribution is 8.00. The first-order valence-corrected chi connectivity index (χ1v) is 8.87. The highest BCUT2D eigenvalue weighted by Gasteiger charge is 2.22. The smallest absolute Gasteiger partial charge is 0.0474 e. The zero-order chi connectivity index (χ0) is 13.1. The van der Waals surface area contributed by atoms with Crippen molar-refractivity contribution in [3.63, 3.8) is 0 Å². The van der Waals surface area contributed by atoms with Crippen molar-refractivity contribution >= 4 is 35.1 Å². The Morgan fingerprint density at radius 3 is 2.68 bits per heavy atom. The molecule has 98 valence electrons. The van der Waals surface area contributed by atoms with Crippen molar-refractivity contribution in [3.05, 3.63) is 59.7 Å². The fraction of sp³-hybridized carbons (Fsp3) is 0.250. The van der Waals surface area contributed by atoms with Crippen LogP contribution in [-0.2, 0) is 5.88 Å². The summed E-state index contributed by atoms with van der Waals surface area (Å²) in [5.74, 6) is 3.65. The first-order chi connectivity index (χ1) is 9.36. The molecule has 0 aliphatic carbocycles. The Bertz CT molecular complexity index is 551. The van der Waals surface area contributed by atoms with Gasteiger partial charge in [-0.2, -0.15) is 0 Å². The van der Waals surface area contributed by atoms with Gasteiger partial charge in [-0.25, -0.2) is 0 Å². The maximum atomic E-state index is 5.81. The van der Waals surface area contributed by atoms with Gasteiger partial charge in [0.1, 0.15) is 0 Å². The highest BCUT2D eigenvalue weighted by atomic mass is 35.5. The number of thioether (sulfide) groups is 2. The quantitative estimate of drug-likeness (QED) is 0.547. The molecule has 0 amide bonds. The number of hydrogen-bond donors (Lipinski definition) is 0. The van der Waals surface area contributed by atoms with Crippen molar-refractivity contribution in [2.75, 3.05) is 11.5 Å². The molecule has 0 radical (unpaired) electrons. The molecule has 19 heavy (non-hydrogen) atoms. The van der Waals surface area contributed by atoms with Gasteiger partial charge in [-0.3, -0.25) is 0 Å². The Kier molecular flexibility index (Phi) is 4.42. The van der Waals surface area contributed by atoms with Gasteiger partial charge in [0.25, 0.3) is 0 Å². The molecule has 0 saturated heterocycles. The third-order valence-electron chi connectivity index (χ3n) is 3.33. The van der Waals surface area contributed by atoms with Gasteiger partial charge in [0.15, 0.2) is 0 Å². The second-order valence-electron chi connectivity index (χ2n) is 4.63. The van der Waals surface area contributed by atoms with Gasteiger partial charge in [0.2, 0.25) is 0 Å². The maximum Gasteiger partial charge on any atom is 0.0474 e. The van der Waals surface area contributed by atoms with E-state index in [9.17, 15) is 0 Å². The van der Waals surface area contributed by atoms with E-state index in [1.165, 1.54) is 26.7 Å². The molecule has 1 aliphatic rings. The fourth-order valence-electron chi connectivity index (χ4n) is 2.24. The van der Waals surface area contributed by atoms with E-state index in [0.717, 1.165) is 5.75 Å². The van der Waals surface area contributed by atoms with E-state index in [0.29, 0.717) is 11.8 Å². The lowest BCUT2D eigenvalue weighted by molar-refractivity contribution is 0.896. The minimum atomic E-state index is 0.595. The molecule has 0 nitrogen and oxygen atoms in total. The van der Waals surface area contributed by atoms with Crippen molar-refractivity contribution in [2.24, 2.45) is 0 Å². The highest BCUT2D eigenvalue weighted by Crippen LogP contribution is 2.41. The summed E-state index contributed by atoms with van der Waals surface area (Å²) < 4.78 is 0. The van der Waals surface area contributed by atoms with Gasteiger partial charge in [-0.05, 0) is 29.3 Å². The van der Waals surface area contributed by atoms with E-state index in [1.54, 1.807) is 0 Å². The number of benzene rings is 2. The maximum absolute atomic E-state index is 5.81. The van der Waals surface area contributed by atoms with E-state index < -0.39 is 0 Å². The Hall–Kier alpha value is -0.570. The summed E-state index contributed by atoms with van der Waals surface area (Å²) in [6, 6.07) is 17.4. The molecule has 2 aromatic rings. The molecular weight excluding hydrogens is 292 g/mol. The van der Waals surface area contributed by atoms with E-state index in [1.807, 2.05) is 23.5 Å². The van der Waals surface area contributed by atoms with Crippen molar-refractivity contribution in [2.45, 2.75) is 21.6 Å². The number of hydrogen-bond acceptors (Lipinski definition) is 2. The number of rotatable bonds is 4. The Balaban J connectivity index is 1.64. The molecule has 0 spiro atoms. The molecule has 0 fully saturated rings. The third-order valence-corrected chi connectivity index (χ3v) is 6.06. The number of halogens is 1. The predicted octanol–water partition coefficient (Wildman–Crippen LogP) is 5.41. The van der Waals surface area contributed by atoms with Gasteiger partial charge >= 0.3 is 0 Å². The molecule has 0 saturated carbocycles. The van der Waals surface area contributed by atoms with Crippen LogP contribution in [0.5, 0.6) is 0 Å². The van der Waals surface area contributed by atoms with E-state index in [4.69, 9.17) is 11.6 Å². The molecular formula is C16H15ClS2. The van der Waals surface area contributed by atoms with Crippen LogP contribution in [-0.4, -0.2) is 11.5 Å². The Morgan fingerprint density at radius 1 is 1.11 bits per heavy atom. The topological polar surface area (TPSA) is 0 Å². The monoisotopic (exact) mass is 306 g/mol. The summed E-state index contributed by atoms with van der Waals surface area (Å²) >= 11 is 9.74. The molecule has 2 aromatic carbocycles. The summed E-state index contributed by atoms with van der Waals surface area (Å²) in [7, 11) is 0. The molecule has 1 atom stereocenters. The van der Waals surface area contributed by atoms with Crippen LogP contribution in [0.3, 0.4) is 0 Å². The summed E-state index contributed by atoms with van der Waals surface area (Å²) in [4.78, 5) is 2.80. The lowest BCUT2D eigenvalue weighted by atomic mass is 10.0. The lowest BCUT2D eigenvalue weighted by Crippen LogP contribution is -1.99. The standard InChI is InChI=1S/C16H15ClS2/c17-9-12-5-7-14(8-6-12)18-10-13-11-19-16-4-2-1-3-15(13)16/h1-8,13H,9-11H2. The van der Waals surface area contributed by atoms with Gasteiger partial charge in [-0.15, -0.1) is 35.1 Å². The van der Waals surface area contributed by atoms with E-state index in [2.05, 4.69) is 48.5 Å². The van der Waals surface area contributed by atoms with Crippen LogP contribution in [0.1, 0.15) is 17.0 Å². The zero-order valence-corrected chi connectivity index (χ0v) is 12.9. The second-order valence-corrected chi connectivity index (χ2v) is 7.06. The largest absolute Gasteiger partial charge is 0.126 e. The number of fused-ring (bicyclic) bond motifs is 1. The van der Waals surface area contributed by atoms with Gasteiger partial charge in [0.05, 0.1) is 0 Å². The van der Waals surface area contributed by atoms with Crippen molar-refractivity contribution in [3.8, 4) is 0 Å². The first kappa shape index (κ1) is 13.4. The van der Waals surface area contributed by atoms with Crippen LogP contribution in [0.15, 0.2) is 58.3 Å². The zero-order valence-electron chi connectivity index (χ0n) is 10.5. The van der Waals surface area contributed by atoms with Crippen molar-refractivity contribution in [1.82, 2.24) is 0 Å². The summed E-state index contributed by atoms with van der Waals surface area (Å²) in [5.41, 5.74) is 2.71. The van der Waals surface area contributed by atoms with E-state index >= 15 is 0 Å². The predicted molar refractivity (Wildman–Crippen MR) is 86.6 cm³/mol. The molecule has 0 bridgehead atoms. The van der Waals surface area contributed by atoms with Crippen LogP contribution in [0.4, 0.5) is 0 Å². The summed E-state index contributed by atoms with van der Waals surface area (Å²) in [5, 5.41) is 0. The summed E-state index contributed by atoms with van der Waals surface area (Å²) in [6.45, 7) is 0. The SMILES string of the molecule is ClCc1ccc(SCC2CSc3ccccc32)cc1. The van der Waals surface area contributed by atoms with Crippen LogP contribution in [0, 0.1) is 0 Å². The normalized spacial score (nSPS) is 17.4. The average molecular weight is 307 g/mol. The molecule has 1 unspecified atom stereocenters. The number of alkyl halides is 1. The van der Waals surface area contributed by atoms with Crippen LogP contribution in [0.25, 0.3) is 0 Å². The third kappa shape index (κ3) is 3.13. The van der Waals surface area contributed by atoms with Crippen LogP contribution in [0.2, 0.25) is 0 Å². The average Bonchev–Trinajstić information content (AvgIpc) is 2.89. The first-order valence-electron chi connectivity index (χ1n) is 6.36. The molecule has 0 aromatic heterocycles. The van der Waals surface area contributed by atoms with E-state index in [-0.39, 0.29) is 0 Å². The lowest BCUT2D eigenvalue weighted by Gasteiger charge is -2.10. The molecule has 3 rings (SSSR count). The minimum Gasteiger partial charge on any atom is -0.126 e. The van der Waals surface area contributed by atoms with Gasteiger partial charge < -0.3 is 0 Å². The molecule has 1 aliphatic heterocycles. The summed E-state index contributed by atoms with van der Waals surface area (Å²) in [6.07, 6.45) is 0. The fourth-order valence-corrected chi connectivity index (χ4v) is 4.84. The Morgan fingerprint density at radius 2 is 1.89 bits per heavy atom. The van der Waals surface area contributed by atoms with Gasteiger partial charge in [-0.1, -0.05) is 30.3 Å².